The Hall–Kier alpha value is -0.280. The molecular weight excluding hydrogens is 216 g/mol. The van der Waals surface area contributed by atoms with Gasteiger partial charge in [-0.15, -0.1) is 11.8 Å². The molecule has 0 aromatic carbocycles. The Morgan fingerprint density at radius 2 is 1.93 bits per heavy atom. The third-order valence-electron chi connectivity index (χ3n) is 2.44. The molecule has 1 aromatic heterocycles. The average Bonchev–Trinajstić information content (AvgIpc) is 2.23. The number of nitrogens with zero attached hydrogens (tertiary/aromatic N) is 2. The maximum absolute atomic E-state index is 5.67. The first kappa shape index (κ1) is 10.2. The van der Waals surface area contributed by atoms with Crippen LogP contribution in [0.25, 0.3) is 0 Å². The molecule has 1 aromatic rings. The Morgan fingerprint density at radius 1 is 1.14 bits per heavy atom. The SMILES string of the molecule is Clc1cnc(SC2CCCCC2)cn1. The fourth-order valence-corrected chi connectivity index (χ4v) is 2.95. The van der Waals surface area contributed by atoms with E-state index in [-0.39, 0.29) is 0 Å². The van der Waals surface area contributed by atoms with Crippen LogP contribution in [0.4, 0.5) is 0 Å². The van der Waals surface area contributed by atoms with Crippen LogP contribution in [0.1, 0.15) is 32.1 Å². The molecule has 1 fully saturated rings. The Labute approximate surface area is 93.5 Å². The first-order valence-corrected chi connectivity index (χ1v) is 6.24. The Morgan fingerprint density at radius 3 is 2.57 bits per heavy atom. The topological polar surface area (TPSA) is 25.8 Å². The zero-order valence-electron chi connectivity index (χ0n) is 7.95. The van der Waals surface area contributed by atoms with Gasteiger partial charge in [-0.3, -0.25) is 0 Å². The van der Waals surface area contributed by atoms with Gasteiger partial charge in [0.25, 0.3) is 0 Å². The van der Waals surface area contributed by atoms with Crippen molar-refractivity contribution in [2.45, 2.75) is 42.4 Å². The highest BCUT2D eigenvalue weighted by Gasteiger charge is 2.15. The molecule has 0 amide bonds. The molecule has 14 heavy (non-hydrogen) atoms. The van der Waals surface area contributed by atoms with Crippen LogP contribution in [0.3, 0.4) is 0 Å². The molecule has 0 aliphatic heterocycles. The summed E-state index contributed by atoms with van der Waals surface area (Å²) in [7, 11) is 0. The molecule has 2 nitrogen and oxygen atoms in total. The first-order chi connectivity index (χ1) is 6.84. The molecule has 1 heterocycles. The van der Waals surface area contributed by atoms with Crippen molar-refractivity contribution in [1.29, 1.82) is 0 Å². The van der Waals surface area contributed by atoms with Gasteiger partial charge in [0, 0.05) is 5.25 Å². The lowest BCUT2D eigenvalue weighted by Gasteiger charge is -2.20. The molecule has 0 bridgehead atoms. The Bertz CT molecular complexity index is 283. The zero-order valence-corrected chi connectivity index (χ0v) is 9.52. The number of halogens is 1. The molecular formula is C10H13ClN2S. The molecule has 76 valence electrons. The molecule has 0 spiro atoms. The van der Waals surface area contributed by atoms with E-state index in [4.69, 9.17) is 11.6 Å². The molecule has 0 unspecified atom stereocenters. The molecule has 1 aliphatic rings. The fraction of sp³-hybridized carbons (Fsp3) is 0.600. The van der Waals surface area contributed by atoms with Crippen LogP contribution in [-0.4, -0.2) is 15.2 Å². The summed E-state index contributed by atoms with van der Waals surface area (Å²) in [6.07, 6.45) is 10.1. The lowest BCUT2D eigenvalue weighted by atomic mass is 10.0. The van der Waals surface area contributed by atoms with Gasteiger partial charge in [0.15, 0.2) is 0 Å². The second-order valence-electron chi connectivity index (χ2n) is 3.56. The normalized spacial score (nSPS) is 18.4. The number of hydrogen-bond donors (Lipinski definition) is 0. The highest BCUT2D eigenvalue weighted by Crippen LogP contribution is 2.32. The molecule has 0 radical (unpaired) electrons. The number of thioether (sulfide) groups is 1. The summed E-state index contributed by atoms with van der Waals surface area (Å²) in [4.78, 5) is 8.27. The van der Waals surface area contributed by atoms with Gasteiger partial charge in [-0.05, 0) is 12.8 Å². The van der Waals surface area contributed by atoms with E-state index in [1.165, 1.54) is 32.1 Å². The van der Waals surface area contributed by atoms with Gasteiger partial charge < -0.3 is 0 Å². The van der Waals surface area contributed by atoms with Gasteiger partial charge in [-0.2, -0.15) is 0 Å². The van der Waals surface area contributed by atoms with Crippen LogP contribution in [0.15, 0.2) is 17.4 Å². The first-order valence-electron chi connectivity index (χ1n) is 4.99. The predicted octanol–water partition coefficient (Wildman–Crippen LogP) is 3.55. The van der Waals surface area contributed by atoms with Crippen LogP contribution in [0.5, 0.6) is 0 Å². The smallest absolute Gasteiger partial charge is 0.147 e. The standard InChI is InChI=1S/C10H13ClN2S/c11-9-6-13-10(7-12-9)14-8-4-2-1-3-5-8/h6-8H,1-5H2. The van der Waals surface area contributed by atoms with Crippen LogP contribution in [0.2, 0.25) is 5.15 Å². The summed E-state index contributed by atoms with van der Waals surface area (Å²) < 4.78 is 0. The molecule has 0 atom stereocenters. The van der Waals surface area contributed by atoms with Crippen molar-refractivity contribution in [3.8, 4) is 0 Å². The van der Waals surface area contributed by atoms with E-state index in [0.29, 0.717) is 5.15 Å². The van der Waals surface area contributed by atoms with E-state index < -0.39 is 0 Å². The summed E-state index contributed by atoms with van der Waals surface area (Å²) in [5.41, 5.74) is 0. The van der Waals surface area contributed by atoms with Crippen molar-refractivity contribution in [1.82, 2.24) is 9.97 Å². The monoisotopic (exact) mass is 228 g/mol. The van der Waals surface area contributed by atoms with Crippen molar-refractivity contribution in [3.05, 3.63) is 17.5 Å². The van der Waals surface area contributed by atoms with Crippen LogP contribution >= 0.6 is 23.4 Å². The maximum atomic E-state index is 5.67. The molecule has 0 N–H and O–H groups in total. The minimum atomic E-state index is 0.470. The van der Waals surface area contributed by atoms with Gasteiger partial charge in [-0.25, -0.2) is 9.97 Å². The lowest BCUT2D eigenvalue weighted by Crippen LogP contribution is -2.08. The van der Waals surface area contributed by atoms with Crippen LogP contribution < -0.4 is 0 Å². The highest BCUT2D eigenvalue weighted by atomic mass is 35.5. The van der Waals surface area contributed by atoms with E-state index in [1.807, 2.05) is 11.8 Å². The summed E-state index contributed by atoms with van der Waals surface area (Å²) in [6, 6.07) is 0. The van der Waals surface area contributed by atoms with E-state index in [1.54, 1.807) is 12.4 Å². The van der Waals surface area contributed by atoms with E-state index in [2.05, 4.69) is 9.97 Å². The quantitative estimate of drug-likeness (QED) is 0.774. The van der Waals surface area contributed by atoms with Crippen molar-refractivity contribution in [2.24, 2.45) is 0 Å². The molecule has 4 heteroatoms. The van der Waals surface area contributed by atoms with Crippen molar-refractivity contribution in [2.75, 3.05) is 0 Å². The highest BCUT2D eigenvalue weighted by molar-refractivity contribution is 7.99. The van der Waals surface area contributed by atoms with Gasteiger partial charge in [0.1, 0.15) is 10.2 Å². The van der Waals surface area contributed by atoms with E-state index >= 15 is 0 Å². The lowest BCUT2D eigenvalue weighted by molar-refractivity contribution is 0.515. The summed E-state index contributed by atoms with van der Waals surface area (Å²) in [6.45, 7) is 0. The Kier molecular flexibility index (Phi) is 3.65. The van der Waals surface area contributed by atoms with Crippen molar-refractivity contribution < 1.29 is 0 Å². The van der Waals surface area contributed by atoms with E-state index in [9.17, 15) is 0 Å². The second-order valence-corrected chi connectivity index (χ2v) is 5.26. The minimum absolute atomic E-state index is 0.470. The Balaban J connectivity index is 1.92. The average molecular weight is 229 g/mol. The van der Waals surface area contributed by atoms with Crippen molar-refractivity contribution in [3.63, 3.8) is 0 Å². The number of aromatic nitrogens is 2. The third kappa shape index (κ3) is 2.85. The van der Waals surface area contributed by atoms with Crippen LogP contribution in [-0.2, 0) is 0 Å². The summed E-state index contributed by atoms with van der Waals surface area (Å²) in [5.74, 6) is 0. The van der Waals surface area contributed by atoms with E-state index in [0.717, 1.165) is 10.3 Å². The zero-order chi connectivity index (χ0) is 9.80. The predicted molar refractivity (Wildman–Crippen MR) is 59.8 cm³/mol. The fourth-order valence-electron chi connectivity index (χ4n) is 1.72. The van der Waals surface area contributed by atoms with Crippen LogP contribution in [0, 0.1) is 0 Å². The summed E-state index contributed by atoms with van der Waals surface area (Å²) >= 11 is 7.51. The van der Waals surface area contributed by atoms with Crippen molar-refractivity contribution >= 4 is 23.4 Å². The summed E-state index contributed by atoms with van der Waals surface area (Å²) in [5, 5.41) is 2.21. The molecule has 0 saturated heterocycles. The van der Waals surface area contributed by atoms with Gasteiger partial charge >= 0.3 is 0 Å². The third-order valence-corrected chi connectivity index (χ3v) is 3.89. The van der Waals surface area contributed by atoms with Gasteiger partial charge in [-0.1, -0.05) is 30.9 Å². The number of rotatable bonds is 2. The largest absolute Gasteiger partial charge is 0.245 e. The van der Waals surface area contributed by atoms with Gasteiger partial charge in [0.05, 0.1) is 12.4 Å². The maximum Gasteiger partial charge on any atom is 0.147 e. The molecule has 2 rings (SSSR count). The number of hydrogen-bond acceptors (Lipinski definition) is 3. The molecule has 1 aliphatic carbocycles. The molecule has 1 saturated carbocycles. The van der Waals surface area contributed by atoms with Gasteiger partial charge in [0.2, 0.25) is 0 Å². The minimum Gasteiger partial charge on any atom is -0.245 e. The second kappa shape index (κ2) is 4.99.